The zero-order valence-electron chi connectivity index (χ0n) is 20.4. The lowest BCUT2D eigenvalue weighted by Crippen LogP contribution is -2.47. The molecule has 1 aromatic heterocycles. The molecule has 0 spiro atoms. The fraction of sp³-hybridized carbons (Fsp3) is 0.370. The first-order valence-corrected chi connectivity index (χ1v) is 13.3. The molecule has 1 aliphatic rings. The molecule has 1 amide bonds. The van der Waals surface area contributed by atoms with Gasteiger partial charge >= 0.3 is 0 Å². The number of rotatable bonds is 10. The van der Waals surface area contributed by atoms with Gasteiger partial charge in [0.2, 0.25) is 0 Å². The van der Waals surface area contributed by atoms with Gasteiger partial charge in [-0.2, -0.15) is 0 Å². The molecule has 2 heterocycles. The highest BCUT2D eigenvalue weighted by atomic mass is 32.2. The van der Waals surface area contributed by atoms with E-state index in [1.807, 2.05) is 43.3 Å². The van der Waals surface area contributed by atoms with Crippen molar-refractivity contribution >= 4 is 22.4 Å². The highest BCUT2D eigenvalue weighted by molar-refractivity contribution is 7.84. The maximum Gasteiger partial charge on any atom is 0.286 e. The molecule has 0 unspecified atom stereocenters. The standard InChI is InChI=1S/C27H33N3O4S/c1-21-4-11-25(12-5-21)35(32)20-24-10-13-26(34-24)27(31)28-14-3-15-29-16-18-30(19-17-29)22-6-8-23(33-2)9-7-22/h4-13H,3,14-20H2,1-2H3,(H,28,31)/t35-/m0/s1. The van der Waals surface area contributed by atoms with Gasteiger partial charge in [-0.05, 0) is 68.4 Å². The van der Waals surface area contributed by atoms with Crippen molar-refractivity contribution in [1.29, 1.82) is 0 Å². The average Bonchev–Trinajstić information content (AvgIpc) is 3.36. The minimum atomic E-state index is -1.21. The van der Waals surface area contributed by atoms with Gasteiger partial charge in [0.05, 0.1) is 23.7 Å². The van der Waals surface area contributed by atoms with Gasteiger partial charge in [0, 0.05) is 43.3 Å². The number of anilines is 1. The molecule has 1 aliphatic heterocycles. The lowest BCUT2D eigenvalue weighted by Gasteiger charge is -2.36. The monoisotopic (exact) mass is 495 g/mol. The fourth-order valence-electron chi connectivity index (χ4n) is 4.09. The number of furan rings is 1. The zero-order valence-corrected chi connectivity index (χ0v) is 21.2. The summed E-state index contributed by atoms with van der Waals surface area (Å²) in [5.74, 6) is 1.69. The first-order chi connectivity index (χ1) is 17.0. The summed E-state index contributed by atoms with van der Waals surface area (Å²) in [7, 11) is 0.471. The van der Waals surface area contributed by atoms with E-state index in [1.54, 1.807) is 19.2 Å². The van der Waals surface area contributed by atoms with Crippen LogP contribution in [0.25, 0.3) is 0 Å². The zero-order chi connectivity index (χ0) is 24.6. The van der Waals surface area contributed by atoms with Crippen LogP contribution < -0.4 is 15.0 Å². The highest BCUT2D eigenvalue weighted by Gasteiger charge is 2.17. The largest absolute Gasteiger partial charge is 0.497 e. The van der Waals surface area contributed by atoms with Gasteiger partial charge in [-0.3, -0.25) is 13.9 Å². The topological polar surface area (TPSA) is 75.0 Å². The Hall–Kier alpha value is -3.10. The van der Waals surface area contributed by atoms with Gasteiger partial charge in [0.15, 0.2) is 5.76 Å². The second-order valence-electron chi connectivity index (χ2n) is 8.71. The number of carbonyl (C=O) groups excluding carboxylic acids is 1. The number of aryl methyl sites for hydroxylation is 1. The van der Waals surface area contributed by atoms with E-state index in [2.05, 4.69) is 27.2 Å². The summed E-state index contributed by atoms with van der Waals surface area (Å²) in [6.07, 6.45) is 0.874. The number of methoxy groups -OCH3 is 1. The molecule has 1 atom stereocenters. The summed E-state index contributed by atoms with van der Waals surface area (Å²) in [6, 6.07) is 19.2. The number of piperazine rings is 1. The maximum absolute atomic E-state index is 12.5. The molecule has 0 bridgehead atoms. The van der Waals surface area contributed by atoms with Crippen molar-refractivity contribution < 1.29 is 18.2 Å². The third kappa shape index (κ3) is 6.96. The van der Waals surface area contributed by atoms with Crippen molar-refractivity contribution in [2.45, 2.75) is 24.0 Å². The van der Waals surface area contributed by atoms with Gasteiger partial charge in [-0.15, -0.1) is 0 Å². The number of benzene rings is 2. The van der Waals surface area contributed by atoms with Crippen LogP contribution in [0.2, 0.25) is 0 Å². The van der Waals surface area contributed by atoms with Crippen LogP contribution in [0.3, 0.4) is 0 Å². The minimum absolute atomic E-state index is 0.235. The number of hydrogen-bond acceptors (Lipinski definition) is 6. The normalized spacial score (nSPS) is 15.1. The molecule has 1 saturated heterocycles. The number of hydrogen-bond donors (Lipinski definition) is 1. The smallest absolute Gasteiger partial charge is 0.286 e. The third-order valence-corrected chi connectivity index (χ3v) is 7.53. The quantitative estimate of drug-likeness (QED) is 0.431. The minimum Gasteiger partial charge on any atom is -0.497 e. The molecule has 4 rings (SSSR count). The molecule has 0 saturated carbocycles. The highest BCUT2D eigenvalue weighted by Crippen LogP contribution is 2.20. The van der Waals surface area contributed by atoms with Crippen molar-refractivity contribution in [2.24, 2.45) is 0 Å². The molecule has 0 radical (unpaired) electrons. The Kier molecular flexibility index (Phi) is 8.60. The van der Waals surface area contributed by atoms with Gasteiger partial charge in [0.25, 0.3) is 5.91 Å². The molecular weight excluding hydrogens is 462 g/mol. The van der Waals surface area contributed by atoms with E-state index in [0.717, 1.165) is 55.4 Å². The van der Waals surface area contributed by atoms with Crippen molar-refractivity contribution in [1.82, 2.24) is 10.2 Å². The Morgan fingerprint density at radius 1 is 1.00 bits per heavy atom. The van der Waals surface area contributed by atoms with Gasteiger partial charge in [0.1, 0.15) is 11.5 Å². The fourth-order valence-corrected chi connectivity index (χ4v) is 5.11. The average molecular weight is 496 g/mol. The Labute approximate surface area is 209 Å². The summed E-state index contributed by atoms with van der Waals surface area (Å²) in [6.45, 7) is 7.49. The van der Waals surface area contributed by atoms with Crippen LogP contribution >= 0.6 is 0 Å². The summed E-state index contributed by atoms with van der Waals surface area (Å²) < 4.78 is 23.4. The number of nitrogens with one attached hydrogen (secondary N) is 1. The van der Waals surface area contributed by atoms with E-state index in [9.17, 15) is 9.00 Å². The van der Waals surface area contributed by atoms with E-state index < -0.39 is 10.8 Å². The third-order valence-electron chi connectivity index (χ3n) is 6.19. The Balaban J connectivity index is 1.15. The van der Waals surface area contributed by atoms with Gasteiger partial charge in [-0.1, -0.05) is 17.7 Å². The van der Waals surface area contributed by atoms with E-state index in [0.29, 0.717) is 12.3 Å². The van der Waals surface area contributed by atoms with Crippen LogP contribution in [0, 0.1) is 6.92 Å². The second kappa shape index (κ2) is 12.0. The van der Waals surface area contributed by atoms with Crippen molar-refractivity contribution in [3.05, 3.63) is 77.7 Å². The lowest BCUT2D eigenvalue weighted by molar-refractivity contribution is 0.0922. The second-order valence-corrected chi connectivity index (χ2v) is 10.2. The predicted octanol–water partition coefficient (Wildman–Crippen LogP) is 3.85. The summed E-state index contributed by atoms with van der Waals surface area (Å²) in [5.41, 5.74) is 2.34. The van der Waals surface area contributed by atoms with Crippen LogP contribution in [0.15, 0.2) is 70.0 Å². The number of carbonyl (C=O) groups is 1. The Morgan fingerprint density at radius 3 is 2.40 bits per heavy atom. The SMILES string of the molecule is COc1ccc(N2CCN(CCCNC(=O)c3ccc(C[S@](=O)c4ccc(C)cc4)o3)CC2)cc1. The van der Waals surface area contributed by atoms with Crippen LogP contribution in [-0.2, 0) is 16.6 Å². The van der Waals surface area contributed by atoms with Crippen LogP contribution in [0.5, 0.6) is 5.75 Å². The van der Waals surface area contributed by atoms with Gasteiger partial charge in [-0.25, -0.2) is 0 Å². The number of amides is 1. The Morgan fingerprint density at radius 2 is 1.71 bits per heavy atom. The molecule has 186 valence electrons. The molecule has 7 nitrogen and oxygen atoms in total. The van der Waals surface area contributed by atoms with E-state index in [-0.39, 0.29) is 17.4 Å². The first-order valence-electron chi connectivity index (χ1n) is 11.9. The molecule has 1 fully saturated rings. The van der Waals surface area contributed by atoms with Crippen molar-refractivity contribution in [3.8, 4) is 5.75 Å². The molecule has 35 heavy (non-hydrogen) atoms. The summed E-state index contributed by atoms with van der Waals surface area (Å²) >= 11 is 0. The molecule has 8 heteroatoms. The molecule has 1 N–H and O–H groups in total. The van der Waals surface area contributed by atoms with Gasteiger partial charge < -0.3 is 19.4 Å². The summed E-state index contributed by atoms with van der Waals surface area (Å²) in [4.78, 5) is 18.0. The van der Waals surface area contributed by atoms with Crippen LogP contribution in [0.4, 0.5) is 5.69 Å². The molecule has 0 aliphatic carbocycles. The molecule has 2 aromatic carbocycles. The van der Waals surface area contributed by atoms with E-state index >= 15 is 0 Å². The number of nitrogens with zero attached hydrogens (tertiary/aromatic N) is 2. The Bertz CT molecular complexity index is 1120. The molecular formula is C27H33N3O4S. The first kappa shape index (κ1) is 25.0. The summed E-state index contributed by atoms with van der Waals surface area (Å²) in [5, 5.41) is 2.93. The van der Waals surface area contributed by atoms with Crippen LogP contribution in [-0.4, -0.2) is 61.4 Å². The number of ether oxygens (including phenoxy) is 1. The van der Waals surface area contributed by atoms with E-state index in [1.165, 1.54) is 5.69 Å². The van der Waals surface area contributed by atoms with E-state index in [4.69, 9.17) is 9.15 Å². The predicted molar refractivity (Wildman–Crippen MR) is 139 cm³/mol. The van der Waals surface area contributed by atoms with Crippen molar-refractivity contribution in [2.75, 3.05) is 51.3 Å². The van der Waals surface area contributed by atoms with Crippen molar-refractivity contribution in [3.63, 3.8) is 0 Å². The molecule has 3 aromatic rings. The maximum atomic E-state index is 12.5. The van der Waals surface area contributed by atoms with Crippen LogP contribution in [0.1, 0.15) is 28.3 Å². The lowest BCUT2D eigenvalue weighted by atomic mass is 10.2.